The van der Waals surface area contributed by atoms with Crippen LogP contribution >= 0.6 is 0 Å². The molecule has 0 radical (unpaired) electrons. The summed E-state index contributed by atoms with van der Waals surface area (Å²) >= 11 is 0. The topological polar surface area (TPSA) is 81.8 Å². The van der Waals surface area contributed by atoms with Crippen LogP contribution in [0.5, 0.6) is 0 Å². The van der Waals surface area contributed by atoms with E-state index in [2.05, 4.69) is 15.5 Å². The van der Waals surface area contributed by atoms with Gasteiger partial charge in [-0.05, 0) is 67.4 Å². The predicted molar refractivity (Wildman–Crippen MR) is 132 cm³/mol. The van der Waals surface area contributed by atoms with Gasteiger partial charge in [-0.3, -0.25) is 14.4 Å². The summed E-state index contributed by atoms with van der Waals surface area (Å²) in [5.41, 5.74) is 2.95. The van der Waals surface area contributed by atoms with Crippen LogP contribution < -0.4 is 10.6 Å². The van der Waals surface area contributed by atoms with E-state index in [1.165, 1.54) is 36.4 Å². The molecule has 2 aromatic carbocycles. The summed E-state index contributed by atoms with van der Waals surface area (Å²) in [4.78, 5) is 42.3. The molecular weight excluding hydrogens is 466 g/mol. The van der Waals surface area contributed by atoms with Crippen molar-refractivity contribution in [3.63, 3.8) is 0 Å². The Morgan fingerprint density at radius 3 is 2.17 bits per heavy atom. The van der Waals surface area contributed by atoms with Gasteiger partial charge >= 0.3 is 0 Å². The van der Waals surface area contributed by atoms with E-state index < -0.39 is 17.8 Å². The van der Waals surface area contributed by atoms with E-state index in [9.17, 15) is 23.2 Å². The number of carbonyl (C=O) groups excluding carboxylic acids is 3. The van der Waals surface area contributed by atoms with Gasteiger partial charge in [-0.15, -0.1) is 0 Å². The Morgan fingerprint density at radius 1 is 0.917 bits per heavy atom. The third kappa shape index (κ3) is 6.75. The molecule has 1 fully saturated rings. The van der Waals surface area contributed by atoms with Gasteiger partial charge in [0.1, 0.15) is 17.7 Å². The van der Waals surface area contributed by atoms with Crippen molar-refractivity contribution >= 4 is 23.3 Å². The monoisotopic (exact) mass is 496 g/mol. The van der Waals surface area contributed by atoms with Crippen LogP contribution in [0.3, 0.4) is 0 Å². The van der Waals surface area contributed by atoms with Gasteiger partial charge in [-0.1, -0.05) is 12.1 Å². The molecule has 0 bridgehead atoms. The number of rotatable bonds is 9. The number of hydrogen-bond acceptors (Lipinski definition) is 4. The van der Waals surface area contributed by atoms with Crippen LogP contribution in [0.1, 0.15) is 41.6 Å². The second-order valence-corrected chi connectivity index (χ2v) is 9.24. The first kappa shape index (κ1) is 25.5. The van der Waals surface area contributed by atoms with Gasteiger partial charge in [0, 0.05) is 50.3 Å². The lowest BCUT2D eigenvalue weighted by atomic mass is 10.1. The highest BCUT2D eigenvalue weighted by Gasteiger charge is 2.29. The highest BCUT2D eigenvalue weighted by atomic mass is 19.1. The molecule has 1 aliphatic carbocycles. The minimum atomic E-state index is -0.784. The number of nitrogens with one attached hydrogen (secondary N) is 2. The van der Waals surface area contributed by atoms with Gasteiger partial charge in [0.25, 0.3) is 5.91 Å². The van der Waals surface area contributed by atoms with E-state index in [0.29, 0.717) is 32.4 Å². The Kier molecular flexibility index (Phi) is 8.10. The molecule has 2 aromatic rings. The third-order valence-corrected chi connectivity index (χ3v) is 6.50. The Hall–Kier alpha value is -3.59. The predicted octanol–water partition coefficient (Wildman–Crippen LogP) is 2.94. The normalized spacial score (nSPS) is 16.5. The summed E-state index contributed by atoms with van der Waals surface area (Å²) in [5.74, 6) is -1.56. The van der Waals surface area contributed by atoms with Crippen molar-refractivity contribution in [2.45, 2.75) is 31.7 Å². The van der Waals surface area contributed by atoms with Crippen molar-refractivity contribution in [3.05, 3.63) is 77.0 Å². The number of hydrogen-bond donors (Lipinski definition) is 2. The van der Waals surface area contributed by atoms with E-state index in [0.717, 1.165) is 29.9 Å². The molecule has 2 aliphatic rings. The van der Waals surface area contributed by atoms with Gasteiger partial charge in [0.15, 0.2) is 0 Å². The van der Waals surface area contributed by atoms with E-state index in [1.54, 1.807) is 17.0 Å². The molecule has 4 rings (SSSR count). The molecule has 0 aromatic heterocycles. The van der Waals surface area contributed by atoms with Gasteiger partial charge in [0.05, 0.1) is 0 Å². The number of halogens is 2. The van der Waals surface area contributed by atoms with Crippen LogP contribution in [-0.2, 0) is 9.59 Å². The van der Waals surface area contributed by atoms with Gasteiger partial charge in [-0.2, -0.15) is 0 Å². The second kappa shape index (κ2) is 11.4. The van der Waals surface area contributed by atoms with E-state index in [4.69, 9.17) is 0 Å². The number of piperazine rings is 1. The first-order chi connectivity index (χ1) is 17.3. The molecule has 0 saturated carbocycles. The number of benzene rings is 2. The fourth-order valence-electron chi connectivity index (χ4n) is 4.22. The van der Waals surface area contributed by atoms with E-state index in [-0.39, 0.29) is 29.6 Å². The number of allylic oxidation sites excluding steroid dienone is 2. The zero-order valence-electron chi connectivity index (χ0n) is 20.2. The van der Waals surface area contributed by atoms with Crippen molar-refractivity contribution in [2.24, 2.45) is 0 Å². The number of nitrogens with zero attached hydrogens (tertiary/aromatic N) is 2. The number of likely N-dealkylation sites (N-methyl/N-ethyl adjacent to an activating group) is 1. The quantitative estimate of drug-likeness (QED) is 0.560. The summed E-state index contributed by atoms with van der Waals surface area (Å²) < 4.78 is 26.3. The SMILES string of the molecule is CN1CCN(C(=O)[C@H](CCCC(=O)NC2=C(c3ccc(F)cc3)C2)NC(=O)c2ccc(F)cc2)CC1. The van der Waals surface area contributed by atoms with Crippen LogP contribution in [0.2, 0.25) is 0 Å². The number of carbonyl (C=O) groups is 3. The lowest BCUT2D eigenvalue weighted by Gasteiger charge is -2.34. The Labute approximate surface area is 209 Å². The summed E-state index contributed by atoms with van der Waals surface area (Å²) in [6.07, 6.45) is 1.54. The highest BCUT2D eigenvalue weighted by Crippen LogP contribution is 2.37. The lowest BCUT2D eigenvalue weighted by Crippen LogP contribution is -2.54. The molecule has 0 spiro atoms. The van der Waals surface area contributed by atoms with Crippen molar-refractivity contribution < 1.29 is 23.2 Å². The van der Waals surface area contributed by atoms with Gasteiger partial charge < -0.3 is 20.4 Å². The smallest absolute Gasteiger partial charge is 0.251 e. The summed E-state index contributed by atoms with van der Waals surface area (Å²) in [7, 11) is 1.99. The van der Waals surface area contributed by atoms with E-state index in [1.807, 2.05) is 7.05 Å². The molecule has 36 heavy (non-hydrogen) atoms. The molecule has 1 atom stereocenters. The number of amides is 3. The summed E-state index contributed by atoms with van der Waals surface area (Å²) in [5, 5.41) is 5.67. The Morgan fingerprint density at radius 2 is 1.53 bits per heavy atom. The Balaban J connectivity index is 1.33. The molecule has 1 saturated heterocycles. The molecule has 2 N–H and O–H groups in total. The molecule has 190 valence electrons. The molecule has 7 nitrogen and oxygen atoms in total. The summed E-state index contributed by atoms with van der Waals surface area (Å²) in [6, 6.07) is 10.5. The second-order valence-electron chi connectivity index (χ2n) is 9.24. The van der Waals surface area contributed by atoms with Crippen LogP contribution in [0.15, 0.2) is 54.2 Å². The first-order valence-corrected chi connectivity index (χ1v) is 12.1. The zero-order valence-corrected chi connectivity index (χ0v) is 20.2. The van der Waals surface area contributed by atoms with Crippen LogP contribution in [-0.4, -0.2) is 66.8 Å². The molecule has 3 amide bonds. The maximum atomic E-state index is 13.2. The van der Waals surface area contributed by atoms with Crippen LogP contribution in [0.4, 0.5) is 8.78 Å². The van der Waals surface area contributed by atoms with Gasteiger partial charge in [-0.25, -0.2) is 8.78 Å². The molecule has 0 unspecified atom stereocenters. The average Bonchev–Trinajstić information content (AvgIpc) is 3.63. The van der Waals surface area contributed by atoms with Crippen molar-refractivity contribution in [3.8, 4) is 0 Å². The minimum Gasteiger partial charge on any atom is -0.340 e. The third-order valence-electron chi connectivity index (χ3n) is 6.50. The average molecular weight is 497 g/mol. The maximum absolute atomic E-state index is 13.2. The fraction of sp³-hybridized carbons (Fsp3) is 0.370. The van der Waals surface area contributed by atoms with Crippen molar-refractivity contribution in [1.82, 2.24) is 20.4 Å². The molecule has 1 aliphatic heterocycles. The molecule has 1 heterocycles. The highest BCUT2D eigenvalue weighted by molar-refractivity contribution is 5.97. The standard InChI is InChI=1S/C27H30F2N4O3/c1-32-13-15-33(16-14-32)27(36)23(31-26(35)19-7-11-21(29)12-8-19)3-2-4-25(34)30-24-17-22(24)18-5-9-20(28)10-6-18/h5-12,23H,2-4,13-17H2,1H3,(H,30,34)(H,31,35)/t23-/m0/s1. The first-order valence-electron chi connectivity index (χ1n) is 12.1. The van der Waals surface area contributed by atoms with Crippen LogP contribution in [0, 0.1) is 11.6 Å². The minimum absolute atomic E-state index is 0.169. The zero-order chi connectivity index (χ0) is 25.7. The lowest BCUT2D eigenvalue weighted by molar-refractivity contribution is -0.135. The largest absolute Gasteiger partial charge is 0.340 e. The van der Waals surface area contributed by atoms with Gasteiger partial charge in [0.2, 0.25) is 11.8 Å². The fourth-order valence-corrected chi connectivity index (χ4v) is 4.22. The van der Waals surface area contributed by atoms with E-state index >= 15 is 0 Å². The molecule has 9 heteroatoms. The summed E-state index contributed by atoms with van der Waals surface area (Å²) in [6.45, 7) is 2.63. The molecular formula is C27H30F2N4O3. The van der Waals surface area contributed by atoms with Crippen LogP contribution in [0.25, 0.3) is 5.57 Å². The van der Waals surface area contributed by atoms with Crippen molar-refractivity contribution in [1.29, 1.82) is 0 Å². The van der Waals surface area contributed by atoms with Crippen molar-refractivity contribution in [2.75, 3.05) is 33.2 Å². The maximum Gasteiger partial charge on any atom is 0.251 e. The Bertz CT molecular complexity index is 1140.